The molecule has 0 spiro atoms. The van der Waals surface area contributed by atoms with E-state index >= 15 is 0 Å². The minimum absolute atomic E-state index is 0.0498. The van der Waals surface area contributed by atoms with Crippen LogP contribution in [0.2, 0.25) is 0 Å². The van der Waals surface area contributed by atoms with Gasteiger partial charge in [-0.15, -0.1) is 11.8 Å². The van der Waals surface area contributed by atoms with E-state index in [4.69, 9.17) is 0 Å². The van der Waals surface area contributed by atoms with Crippen molar-refractivity contribution < 1.29 is 4.79 Å². The number of thioether (sulfide) groups is 1. The Morgan fingerprint density at radius 2 is 1.77 bits per heavy atom. The summed E-state index contributed by atoms with van der Waals surface area (Å²) in [6.45, 7) is 9.63. The zero-order chi connectivity index (χ0) is 18.7. The van der Waals surface area contributed by atoms with E-state index in [0.717, 1.165) is 24.3 Å². The minimum atomic E-state index is -0.0498. The Balaban J connectivity index is 1.82. The molecule has 1 fully saturated rings. The Morgan fingerprint density at radius 3 is 2.35 bits per heavy atom. The predicted octanol–water partition coefficient (Wildman–Crippen LogP) is 5.75. The first kappa shape index (κ1) is 19.0. The lowest BCUT2D eigenvalue weighted by molar-refractivity contribution is -0.133. The number of hydrogen-bond donors (Lipinski definition) is 0. The van der Waals surface area contributed by atoms with Crippen LogP contribution in [0.15, 0.2) is 54.6 Å². The van der Waals surface area contributed by atoms with Gasteiger partial charge in [0.25, 0.3) is 0 Å². The number of amides is 1. The van der Waals surface area contributed by atoms with Gasteiger partial charge in [0.2, 0.25) is 5.91 Å². The van der Waals surface area contributed by atoms with E-state index in [1.807, 2.05) is 30.0 Å². The van der Waals surface area contributed by atoms with Crippen LogP contribution in [0.5, 0.6) is 0 Å². The van der Waals surface area contributed by atoms with Gasteiger partial charge in [-0.2, -0.15) is 0 Å². The lowest BCUT2D eigenvalue weighted by atomic mass is 9.86. The molecule has 0 saturated carbocycles. The van der Waals surface area contributed by atoms with Crippen LogP contribution in [0.25, 0.3) is 0 Å². The molecule has 2 unspecified atom stereocenters. The van der Waals surface area contributed by atoms with Crippen molar-refractivity contribution in [3.05, 3.63) is 71.3 Å². The van der Waals surface area contributed by atoms with E-state index in [0.29, 0.717) is 0 Å². The van der Waals surface area contributed by atoms with Crippen molar-refractivity contribution in [2.45, 2.75) is 50.8 Å². The maximum atomic E-state index is 13.3. The van der Waals surface area contributed by atoms with Crippen molar-refractivity contribution >= 4 is 17.7 Å². The summed E-state index contributed by atoms with van der Waals surface area (Å²) in [4.78, 5) is 15.4. The van der Waals surface area contributed by atoms with Gasteiger partial charge >= 0.3 is 0 Å². The summed E-state index contributed by atoms with van der Waals surface area (Å²) in [5, 5.41) is 0.134. The average Bonchev–Trinajstić information content (AvgIpc) is 3.12. The van der Waals surface area contributed by atoms with Crippen molar-refractivity contribution in [3.63, 3.8) is 0 Å². The third-order valence-electron chi connectivity index (χ3n) is 5.14. The summed E-state index contributed by atoms with van der Waals surface area (Å²) in [7, 11) is 0. The van der Waals surface area contributed by atoms with Gasteiger partial charge in [0.1, 0.15) is 5.37 Å². The Bertz CT molecular complexity index is 733. The number of nitrogens with zero attached hydrogens (tertiary/aromatic N) is 1. The quantitative estimate of drug-likeness (QED) is 0.685. The fourth-order valence-corrected chi connectivity index (χ4v) is 4.82. The SMILES string of the molecule is CCC(C(=O)N1CCSC1c1ccc(C(C)(C)C)cc1)c1ccccc1. The van der Waals surface area contributed by atoms with Gasteiger partial charge in [-0.25, -0.2) is 0 Å². The molecule has 2 aromatic carbocycles. The van der Waals surface area contributed by atoms with Gasteiger partial charge in [0.15, 0.2) is 0 Å². The molecule has 1 amide bonds. The first-order chi connectivity index (χ1) is 12.4. The molecule has 0 radical (unpaired) electrons. The second kappa shape index (κ2) is 7.87. The van der Waals surface area contributed by atoms with Crippen molar-refractivity contribution in [3.8, 4) is 0 Å². The molecule has 1 saturated heterocycles. The van der Waals surface area contributed by atoms with Gasteiger partial charge in [0, 0.05) is 12.3 Å². The second-order valence-electron chi connectivity index (χ2n) is 8.00. The summed E-state index contributed by atoms with van der Waals surface area (Å²) in [6, 6.07) is 19.0. The highest BCUT2D eigenvalue weighted by atomic mass is 32.2. The summed E-state index contributed by atoms with van der Waals surface area (Å²) in [5.41, 5.74) is 3.84. The van der Waals surface area contributed by atoms with Crippen LogP contribution in [0.1, 0.15) is 62.1 Å². The molecule has 0 N–H and O–H groups in total. The molecule has 1 aliphatic heterocycles. The highest BCUT2D eigenvalue weighted by Crippen LogP contribution is 2.40. The average molecular weight is 368 g/mol. The maximum absolute atomic E-state index is 13.3. The van der Waals surface area contributed by atoms with E-state index in [1.54, 1.807) is 0 Å². The van der Waals surface area contributed by atoms with Crippen molar-refractivity contribution in [1.82, 2.24) is 4.90 Å². The number of carbonyl (C=O) groups is 1. The van der Waals surface area contributed by atoms with E-state index in [-0.39, 0.29) is 22.6 Å². The largest absolute Gasteiger partial charge is 0.325 e. The summed E-state index contributed by atoms with van der Waals surface area (Å²) < 4.78 is 0. The van der Waals surface area contributed by atoms with Crippen LogP contribution in [0.4, 0.5) is 0 Å². The molecular weight excluding hydrogens is 338 g/mol. The normalized spacial score (nSPS) is 18.8. The Labute approximate surface area is 162 Å². The molecule has 26 heavy (non-hydrogen) atoms. The summed E-state index contributed by atoms with van der Waals surface area (Å²) in [5.74, 6) is 1.21. The summed E-state index contributed by atoms with van der Waals surface area (Å²) in [6.07, 6.45) is 0.833. The number of benzene rings is 2. The highest BCUT2D eigenvalue weighted by molar-refractivity contribution is 7.99. The molecule has 0 bridgehead atoms. The van der Waals surface area contributed by atoms with Crippen molar-refractivity contribution in [2.24, 2.45) is 0 Å². The molecule has 3 rings (SSSR count). The topological polar surface area (TPSA) is 20.3 Å². The Hall–Kier alpha value is -1.74. The molecule has 2 aromatic rings. The molecule has 1 heterocycles. The molecular formula is C23H29NOS. The maximum Gasteiger partial charge on any atom is 0.231 e. The smallest absolute Gasteiger partial charge is 0.231 e. The fraction of sp³-hybridized carbons (Fsp3) is 0.435. The van der Waals surface area contributed by atoms with Crippen LogP contribution < -0.4 is 0 Å². The Morgan fingerprint density at radius 1 is 1.12 bits per heavy atom. The second-order valence-corrected chi connectivity index (χ2v) is 9.19. The lowest BCUT2D eigenvalue weighted by Crippen LogP contribution is -2.34. The van der Waals surface area contributed by atoms with Gasteiger partial charge in [-0.1, -0.05) is 82.3 Å². The molecule has 138 valence electrons. The third kappa shape index (κ3) is 3.98. The Kier molecular flexibility index (Phi) is 5.76. The van der Waals surface area contributed by atoms with Crippen LogP contribution in [0.3, 0.4) is 0 Å². The van der Waals surface area contributed by atoms with Gasteiger partial charge in [0.05, 0.1) is 5.92 Å². The van der Waals surface area contributed by atoms with Crippen molar-refractivity contribution in [2.75, 3.05) is 12.3 Å². The van der Waals surface area contributed by atoms with Gasteiger partial charge < -0.3 is 4.90 Å². The zero-order valence-corrected chi connectivity index (χ0v) is 17.1. The third-order valence-corrected chi connectivity index (χ3v) is 6.40. The summed E-state index contributed by atoms with van der Waals surface area (Å²) >= 11 is 1.87. The van der Waals surface area contributed by atoms with Crippen LogP contribution >= 0.6 is 11.8 Å². The van der Waals surface area contributed by atoms with E-state index in [2.05, 4.69) is 69.0 Å². The van der Waals surface area contributed by atoms with Crippen LogP contribution in [-0.2, 0) is 10.2 Å². The molecule has 2 nitrogen and oxygen atoms in total. The van der Waals surface area contributed by atoms with Crippen LogP contribution in [-0.4, -0.2) is 23.1 Å². The zero-order valence-electron chi connectivity index (χ0n) is 16.2. The van der Waals surface area contributed by atoms with Gasteiger partial charge in [-0.05, 0) is 28.5 Å². The molecule has 1 aliphatic rings. The number of carbonyl (C=O) groups excluding carboxylic acids is 1. The van der Waals surface area contributed by atoms with E-state index < -0.39 is 0 Å². The van der Waals surface area contributed by atoms with E-state index in [9.17, 15) is 4.79 Å². The van der Waals surface area contributed by atoms with E-state index in [1.165, 1.54) is 11.1 Å². The van der Waals surface area contributed by atoms with Gasteiger partial charge in [-0.3, -0.25) is 4.79 Å². The number of rotatable bonds is 4. The first-order valence-corrected chi connectivity index (χ1v) is 10.5. The van der Waals surface area contributed by atoms with Crippen LogP contribution in [0, 0.1) is 0 Å². The minimum Gasteiger partial charge on any atom is -0.325 e. The monoisotopic (exact) mass is 367 g/mol. The fourth-order valence-electron chi connectivity index (χ4n) is 3.56. The molecule has 2 atom stereocenters. The predicted molar refractivity (Wildman–Crippen MR) is 112 cm³/mol. The molecule has 0 aromatic heterocycles. The first-order valence-electron chi connectivity index (χ1n) is 9.49. The standard InChI is InChI=1S/C23H29NOS/c1-5-20(17-9-7-6-8-10-17)21(25)24-15-16-26-22(24)18-11-13-19(14-12-18)23(2,3)4/h6-14,20,22H,5,15-16H2,1-4H3. The number of hydrogen-bond acceptors (Lipinski definition) is 2. The molecule has 3 heteroatoms. The molecule has 0 aliphatic carbocycles. The highest BCUT2D eigenvalue weighted by Gasteiger charge is 2.34. The van der Waals surface area contributed by atoms with Crippen molar-refractivity contribution in [1.29, 1.82) is 0 Å². The lowest BCUT2D eigenvalue weighted by Gasteiger charge is -2.29.